The molecule has 0 unspecified atom stereocenters. The lowest BCUT2D eigenvalue weighted by Crippen LogP contribution is -2.11. The lowest BCUT2D eigenvalue weighted by Gasteiger charge is -2.08. The monoisotopic (exact) mass is 265 g/mol. The van der Waals surface area contributed by atoms with Gasteiger partial charge in [0.05, 0.1) is 0 Å². The second-order valence-electron chi connectivity index (χ2n) is 2.57. The number of aromatic nitrogens is 3. The largest absolute Gasteiger partial charge is 0.431 e. The molecule has 0 aliphatic heterocycles. The highest BCUT2D eigenvalue weighted by Gasteiger charge is 2.34. The van der Waals surface area contributed by atoms with Crippen LogP contribution in [0, 0.1) is 0 Å². The van der Waals surface area contributed by atoms with Crippen LogP contribution in [0.1, 0.15) is 5.69 Å². The van der Waals surface area contributed by atoms with Gasteiger partial charge in [-0.2, -0.15) is 13.2 Å². The Morgan fingerprint density at radius 2 is 1.93 bits per heavy atom. The van der Waals surface area contributed by atoms with Crippen molar-refractivity contribution in [1.82, 2.24) is 14.6 Å². The molecule has 2 aromatic rings. The van der Waals surface area contributed by atoms with Gasteiger partial charge in [0.25, 0.3) is 0 Å². The maximum absolute atomic E-state index is 12.5. The van der Waals surface area contributed by atoms with E-state index in [1.165, 1.54) is 12.1 Å². The first kappa shape index (κ1) is 9.45. The molecular formula is C7H3BrF3N3. The minimum atomic E-state index is -4.41. The molecule has 0 bridgehead atoms. The molecule has 0 atom stereocenters. The first-order valence-electron chi connectivity index (χ1n) is 3.57. The zero-order valence-corrected chi connectivity index (χ0v) is 8.17. The highest BCUT2D eigenvalue weighted by molar-refractivity contribution is 9.10. The normalized spacial score (nSPS) is 12.3. The van der Waals surface area contributed by atoms with E-state index in [1.54, 1.807) is 0 Å². The van der Waals surface area contributed by atoms with Crippen molar-refractivity contribution in [2.24, 2.45) is 0 Å². The maximum atomic E-state index is 12.5. The summed E-state index contributed by atoms with van der Waals surface area (Å²) < 4.78 is 38.4. The van der Waals surface area contributed by atoms with Gasteiger partial charge in [-0.3, -0.25) is 4.40 Å². The Bertz CT molecular complexity index is 476. The molecule has 0 aliphatic rings. The van der Waals surface area contributed by atoms with Crippen LogP contribution in [0.25, 0.3) is 5.65 Å². The first-order chi connectivity index (χ1) is 6.50. The third-order valence-electron chi connectivity index (χ3n) is 1.68. The highest BCUT2D eigenvalue weighted by atomic mass is 79.9. The number of nitrogens with zero attached hydrogens (tertiary/aromatic N) is 3. The summed E-state index contributed by atoms with van der Waals surface area (Å²) in [7, 11) is 0. The summed E-state index contributed by atoms with van der Waals surface area (Å²) in [6.07, 6.45) is -4.41. The molecule has 0 aromatic carbocycles. The molecule has 0 saturated carbocycles. The van der Waals surface area contributed by atoms with Crippen LogP contribution in [0.4, 0.5) is 13.2 Å². The van der Waals surface area contributed by atoms with Crippen molar-refractivity contribution in [1.29, 1.82) is 0 Å². The van der Waals surface area contributed by atoms with Crippen molar-refractivity contribution in [2.45, 2.75) is 6.18 Å². The minimum absolute atomic E-state index is 0.0421. The van der Waals surface area contributed by atoms with E-state index in [4.69, 9.17) is 0 Å². The Morgan fingerprint density at radius 3 is 2.57 bits per heavy atom. The topological polar surface area (TPSA) is 30.2 Å². The Kier molecular flexibility index (Phi) is 1.99. The summed E-state index contributed by atoms with van der Waals surface area (Å²) in [5.41, 5.74) is -0.640. The predicted octanol–water partition coefficient (Wildman–Crippen LogP) is 2.51. The smallest absolute Gasteiger partial charge is 0.265 e. The Labute approximate surface area is 84.7 Å². The molecule has 2 aromatic heterocycles. The number of alkyl halides is 3. The summed E-state index contributed by atoms with van der Waals surface area (Å²) in [5.74, 6) is 0. The van der Waals surface area contributed by atoms with Gasteiger partial charge in [0.15, 0.2) is 5.65 Å². The highest BCUT2D eigenvalue weighted by Crippen LogP contribution is 2.30. The zero-order valence-electron chi connectivity index (χ0n) is 6.59. The summed E-state index contributed by atoms with van der Waals surface area (Å²) in [6, 6.07) is 3.72. The summed E-state index contributed by atoms with van der Waals surface area (Å²) in [5, 5.41) is 7.06. The quantitative estimate of drug-likeness (QED) is 0.733. The fourth-order valence-electron chi connectivity index (χ4n) is 1.13. The molecule has 74 valence electrons. The van der Waals surface area contributed by atoms with Crippen LogP contribution in [0.2, 0.25) is 0 Å². The van der Waals surface area contributed by atoms with E-state index >= 15 is 0 Å². The number of pyridine rings is 1. The van der Waals surface area contributed by atoms with Crippen molar-refractivity contribution in [3.8, 4) is 0 Å². The standard InChI is InChI=1S/C7H3BrF3N3/c8-6-13-12-5-3-1-2-4(14(5)6)7(9,10)11/h1-3H. The van der Waals surface area contributed by atoms with Crippen LogP contribution in [0.5, 0.6) is 0 Å². The minimum Gasteiger partial charge on any atom is -0.265 e. The molecule has 14 heavy (non-hydrogen) atoms. The third kappa shape index (κ3) is 1.37. The van der Waals surface area contributed by atoms with Gasteiger partial charge in [-0.1, -0.05) is 6.07 Å². The van der Waals surface area contributed by atoms with E-state index in [-0.39, 0.29) is 10.4 Å². The van der Waals surface area contributed by atoms with Crippen LogP contribution < -0.4 is 0 Å². The molecule has 0 aliphatic carbocycles. The number of hydrogen-bond acceptors (Lipinski definition) is 2. The second-order valence-corrected chi connectivity index (χ2v) is 3.28. The molecule has 0 saturated heterocycles. The van der Waals surface area contributed by atoms with Gasteiger partial charge in [-0.15, -0.1) is 10.2 Å². The van der Waals surface area contributed by atoms with Crippen LogP contribution in [0.15, 0.2) is 22.9 Å². The number of halogens is 4. The van der Waals surface area contributed by atoms with E-state index < -0.39 is 11.9 Å². The third-order valence-corrected chi connectivity index (χ3v) is 2.19. The zero-order chi connectivity index (χ0) is 10.3. The summed E-state index contributed by atoms with van der Waals surface area (Å²) >= 11 is 2.90. The van der Waals surface area contributed by atoms with Gasteiger partial charge in [0, 0.05) is 0 Å². The Morgan fingerprint density at radius 1 is 1.21 bits per heavy atom. The van der Waals surface area contributed by atoms with E-state index in [9.17, 15) is 13.2 Å². The van der Waals surface area contributed by atoms with Crippen LogP contribution in [0.3, 0.4) is 0 Å². The van der Waals surface area contributed by atoms with Crippen molar-refractivity contribution in [3.63, 3.8) is 0 Å². The number of rotatable bonds is 0. The van der Waals surface area contributed by atoms with Crippen LogP contribution in [-0.4, -0.2) is 14.6 Å². The van der Waals surface area contributed by atoms with Crippen molar-refractivity contribution in [3.05, 3.63) is 28.6 Å². The van der Waals surface area contributed by atoms with E-state index in [1.807, 2.05) is 0 Å². The van der Waals surface area contributed by atoms with Gasteiger partial charge < -0.3 is 0 Å². The average Bonchev–Trinajstić information content (AvgIpc) is 2.46. The fraction of sp³-hybridized carbons (Fsp3) is 0.143. The predicted molar refractivity (Wildman–Crippen MR) is 45.7 cm³/mol. The molecule has 0 N–H and O–H groups in total. The molecule has 0 spiro atoms. The molecular weight excluding hydrogens is 263 g/mol. The lowest BCUT2D eigenvalue weighted by atomic mass is 10.3. The second kappa shape index (κ2) is 2.94. The van der Waals surface area contributed by atoms with Crippen molar-refractivity contribution in [2.75, 3.05) is 0 Å². The Hall–Kier alpha value is -1.11. The van der Waals surface area contributed by atoms with Crippen LogP contribution >= 0.6 is 15.9 Å². The van der Waals surface area contributed by atoms with E-state index in [0.29, 0.717) is 0 Å². The van der Waals surface area contributed by atoms with Crippen molar-refractivity contribution < 1.29 is 13.2 Å². The summed E-state index contributed by atoms with van der Waals surface area (Å²) in [4.78, 5) is 0. The number of hydrogen-bond donors (Lipinski definition) is 0. The SMILES string of the molecule is FC(F)(F)c1cccc2nnc(Br)n12. The maximum Gasteiger partial charge on any atom is 0.431 e. The molecule has 0 fully saturated rings. The molecule has 0 amide bonds. The lowest BCUT2D eigenvalue weighted by molar-refractivity contribution is -0.142. The summed E-state index contributed by atoms with van der Waals surface area (Å²) in [6.45, 7) is 0. The number of fused-ring (bicyclic) bond motifs is 1. The first-order valence-corrected chi connectivity index (χ1v) is 4.36. The van der Waals surface area contributed by atoms with Gasteiger partial charge >= 0.3 is 6.18 Å². The van der Waals surface area contributed by atoms with E-state index in [0.717, 1.165) is 10.5 Å². The average molecular weight is 266 g/mol. The Balaban J connectivity index is 2.82. The molecule has 3 nitrogen and oxygen atoms in total. The van der Waals surface area contributed by atoms with E-state index in [2.05, 4.69) is 26.1 Å². The van der Waals surface area contributed by atoms with Gasteiger partial charge in [0.2, 0.25) is 4.73 Å². The molecule has 2 rings (SSSR count). The van der Waals surface area contributed by atoms with Gasteiger partial charge in [0.1, 0.15) is 5.69 Å². The van der Waals surface area contributed by atoms with Gasteiger partial charge in [-0.25, -0.2) is 0 Å². The van der Waals surface area contributed by atoms with Crippen LogP contribution in [-0.2, 0) is 6.18 Å². The fourth-order valence-corrected chi connectivity index (χ4v) is 1.58. The van der Waals surface area contributed by atoms with Gasteiger partial charge in [-0.05, 0) is 28.1 Å². The molecule has 0 radical (unpaired) electrons. The molecule has 2 heterocycles. The molecule has 7 heteroatoms. The van der Waals surface area contributed by atoms with Crippen molar-refractivity contribution >= 4 is 21.6 Å².